The Morgan fingerprint density at radius 3 is 2.40 bits per heavy atom. The Morgan fingerprint density at radius 2 is 1.80 bits per heavy atom. The topological polar surface area (TPSA) is 37.3 Å². The average molecular weight is 362 g/mol. The lowest BCUT2D eigenvalue weighted by Crippen LogP contribution is -2.44. The first-order chi connectivity index (χ1) is 11.6. The number of nitrogens with one attached hydrogen (secondary N) is 1. The van der Waals surface area contributed by atoms with E-state index in [1.807, 2.05) is 24.1 Å². The van der Waals surface area contributed by atoms with E-state index in [-0.39, 0.29) is 18.3 Å². The summed E-state index contributed by atoms with van der Waals surface area (Å²) in [5.74, 6) is 0.178. The van der Waals surface area contributed by atoms with Gasteiger partial charge in [-0.05, 0) is 45.4 Å². The summed E-state index contributed by atoms with van der Waals surface area (Å²) in [6.07, 6.45) is 2.07. The molecule has 0 radical (unpaired) electrons. The second-order valence-corrected chi connectivity index (χ2v) is 6.71. The van der Waals surface area contributed by atoms with Crippen molar-refractivity contribution in [2.24, 2.45) is 0 Å². The maximum Gasteiger partial charge on any atom is 0.255 e. The van der Waals surface area contributed by atoms with E-state index in [0.717, 1.165) is 49.4 Å². The van der Waals surface area contributed by atoms with Gasteiger partial charge in [-0.15, -0.1) is 12.4 Å². The van der Waals surface area contributed by atoms with E-state index in [9.17, 15) is 4.79 Å². The number of aromatic nitrogens is 1. The fourth-order valence-electron chi connectivity index (χ4n) is 3.57. The van der Waals surface area contributed by atoms with Gasteiger partial charge in [0.05, 0.1) is 5.56 Å². The van der Waals surface area contributed by atoms with Crippen LogP contribution in [0.4, 0.5) is 0 Å². The van der Waals surface area contributed by atoms with Crippen molar-refractivity contribution in [2.45, 2.75) is 39.3 Å². The molecule has 0 atom stereocenters. The van der Waals surface area contributed by atoms with E-state index < -0.39 is 0 Å². The molecular weight excluding hydrogens is 334 g/mol. The van der Waals surface area contributed by atoms with Gasteiger partial charge in [-0.3, -0.25) is 4.79 Å². The molecule has 25 heavy (non-hydrogen) atoms. The van der Waals surface area contributed by atoms with Gasteiger partial charge in [-0.2, -0.15) is 0 Å². The number of amides is 1. The molecule has 0 saturated carbocycles. The van der Waals surface area contributed by atoms with Gasteiger partial charge in [0.25, 0.3) is 5.91 Å². The van der Waals surface area contributed by atoms with Gasteiger partial charge in [0, 0.05) is 37.1 Å². The van der Waals surface area contributed by atoms with Gasteiger partial charge in [-0.25, -0.2) is 0 Å². The Kier molecular flexibility index (Phi) is 6.68. The zero-order valence-electron chi connectivity index (χ0n) is 15.3. The Labute approximate surface area is 156 Å². The molecule has 1 amide bonds. The van der Waals surface area contributed by atoms with Gasteiger partial charge in [0.2, 0.25) is 0 Å². The Balaban J connectivity index is 0.00000225. The predicted molar refractivity (Wildman–Crippen MR) is 105 cm³/mol. The minimum absolute atomic E-state index is 0. The third kappa shape index (κ3) is 4.25. The van der Waals surface area contributed by atoms with Crippen molar-refractivity contribution in [2.75, 3.05) is 20.1 Å². The van der Waals surface area contributed by atoms with E-state index in [1.54, 1.807) is 0 Å². The van der Waals surface area contributed by atoms with Crippen molar-refractivity contribution < 1.29 is 4.79 Å². The zero-order valence-corrected chi connectivity index (χ0v) is 16.1. The van der Waals surface area contributed by atoms with Crippen molar-refractivity contribution in [1.82, 2.24) is 14.8 Å². The van der Waals surface area contributed by atoms with Crippen LogP contribution in [0.2, 0.25) is 0 Å². The molecule has 2 aromatic rings. The van der Waals surface area contributed by atoms with Gasteiger partial charge < -0.3 is 14.8 Å². The van der Waals surface area contributed by atoms with Crippen molar-refractivity contribution in [1.29, 1.82) is 0 Å². The van der Waals surface area contributed by atoms with Crippen molar-refractivity contribution in [3.05, 3.63) is 58.9 Å². The van der Waals surface area contributed by atoms with E-state index in [2.05, 4.69) is 48.0 Å². The van der Waals surface area contributed by atoms with E-state index in [0.29, 0.717) is 6.04 Å². The molecule has 1 fully saturated rings. The molecule has 0 spiro atoms. The SMILES string of the molecule is CNC1CCN(C(=O)c2cc(C)n(Cc3ccccc3)c2C)CC1.Cl. The maximum atomic E-state index is 12.9. The Hall–Kier alpha value is -1.78. The Bertz CT molecular complexity index is 703. The number of likely N-dealkylation sites (tertiary alicyclic amines) is 1. The number of carbonyl (C=O) groups excluding carboxylic acids is 1. The largest absolute Gasteiger partial charge is 0.344 e. The summed E-state index contributed by atoms with van der Waals surface area (Å²) in [6.45, 7) is 6.64. The second-order valence-electron chi connectivity index (χ2n) is 6.71. The quantitative estimate of drug-likeness (QED) is 0.906. The molecule has 1 N–H and O–H groups in total. The Morgan fingerprint density at radius 1 is 1.16 bits per heavy atom. The third-order valence-electron chi connectivity index (χ3n) is 5.18. The van der Waals surface area contributed by atoms with Crippen LogP contribution in [0.3, 0.4) is 0 Å². The monoisotopic (exact) mass is 361 g/mol. The molecule has 3 rings (SSSR count). The standard InChI is InChI=1S/C20H27N3O.ClH/c1-15-13-19(20(24)22-11-9-18(21-3)10-12-22)16(2)23(15)14-17-7-5-4-6-8-17;/h4-8,13,18,21H,9-12,14H2,1-3H3;1H. The second kappa shape index (κ2) is 8.54. The van der Waals surface area contributed by atoms with Crippen molar-refractivity contribution in [3.63, 3.8) is 0 Å². The number of carbonyl (C=O) groups is 1. The smallest absolute Gasteiger partial charge is 0.255 e. The maximum absolute atomic E-state index is 12.9. The van der Waals surface area contributed by atoms with Gasteiger partial charge in [-0.1, -0.05) is 30.3 Å². The molecule has 0 aliphatic carbocycles. The van der Waals surface area contributed by atoms with E-state index >= 15 is 0 Å². The summed E-state index contributed by atoms with van der Waals surface area (Å²) in [5.41, 5.74) is 4.32. The van der Waals surface area contributed by atoms with Crippen LogP contribution in [0.5, 0.6) is 0 Å². The molecule has 136 valence electrons. The molecule has 5 heteroatoms. The van der Waals surface area contributed by atoms with Gasteiger partial charge >= 0.3 is 0 Å². The number of hydrogen-bond acceptors (Lipinski definition) is 2. The molecule has 1 aromatic carbocycles. The molecule has 1 aliphatic heterocycles. The normalized spacial score (nSPS) is 15.1. The predicted octanol–water partition coefficient (Wildman–Crippen LogP) is 3.40. The lowest BCUT2D eigenvalue weighted by atomic mass is 10.0. The van der Waals surface area contributed by atoms with Crippen molar-refractivity contribution >= 4 is 18.3 Å². The van der Waals surface area contributed by atoms with Crippen LogP contribution >= 0.6 is 12.4 Å². The number of piperidine rings is 1. The third-order valence-corrected chi connectivity index (χ3v) is 5.18. The fraction of sp³-hybridized carbons (Fsp3) is 0.450. The summed E-state index contributed by atoms with van der Waals surface area (Å²) in [5, 5.41) is 3.31. The number of nitrogens with zero attached hydrogens (tertiary/aromatic N) is 2. The van der Waals surface area contributed by atoms with Crippen molar-refractivity contribution in [3.8, 4) is 0 Å². The molecule has 0 bridgehead atoms. The number of halogens is 1. The molecule has 1 aliphatic rings. The van der Waals surface area contributed by atoms with Gasteiger partial charge in [0.1, 0.15) is 0 Å². The first-order valence-electron chi connectivity index (χ1n) is 8.77. The van der Waals surface area contributed by atoms with Crippen LogP contribution < -0.4 is 5.32 Å². The first kappa shape index (κ1) is 19.5. The number of benzene rings is 1. The summed E-state index contributed by atoms with van der Waals surface area (Å²) in [4.78, 5) is 14.9. The number of rotatable bonds is 4. The molecule has 4 nitrogen and oxygen atoms in total. The first-order valence-corrected chi connectivity index (χ1v) is 8.77. The molecule has 0 unspecified atom stereocenters. The van der Waals surface area contributed by atoms with Gasteiger partial charge in [0.15, 0.2) is 0 Å². The highest BCUT2D eigenvalue weighted by molar-refractivity contribution is 5.95. The van der Waals surface area contributed by atoms with Crippen LogP contribution in [0.1, 0.15) is 40.2 Å². The fourth-order valence-corrected chi connectivity index (χ4v) is 3.57. The number of hydrogen-bond donors (Lipinski definition) is 1. The van der Waals surface area contributed by atoms with Crippen LogP contribution in [0.15, 0.2) is 36.4 Å². The highest BCUT2D eigenvalue weighted by atomic mass is 35.5. The molecular formula is C20H28ClN3O. The van der Waals surface area contributed by atoms with Crippen LogP contribution in [-0.2, 0) is 6.54 Å². The lowest BCUT2D eigenvalue weighted by molar-refractivity contribution is 0.0706. The lowest BCUT2D eigenvalue weighted by Gasteiger charge is -2.31. The summed E-state index contributed by atoms with van der Waals surface area (Å²) >= 11 is 0. The minimum Gasteiger partial charge on any atom is -0.344 e. The van der Waals surface area contributed by atoms with Crippen LogP contribution in [0, 0.1) is 13.8 Å². The highest BCUT2D eigenvalue weighted by Gasteiger charge is 2.25. The molecule has 1 saturated heterocycles. The average Bonchev–Trinajstić information content (AvgIpc) is 2.90. The number of aryl methyl sites for hydroxylation is 1. The minimum atomic E-state index is 0. The summed E-state index contributed by atoms with van der Waals surface area (Å²) < 4.78 is 2.24. The zero-order chi connectivity index (χ0) is 17.1. The summed E-state index contributed by atoms with van der Waals surface area (Å²) in [6, 6.07) is 13.0. The summed E-state index contributed by atoms with van der Waals surface area (Å²) in [7, 11) is 2.00. The molecule has 1 aromatic heterocycles. The van der Waals surface area contributed by atoms with Crippen LogP contribution in [0.25, 0.3) is 0 Å². The molecule has 2 heterocycles. The van der Waals surface area contributed by atoms with E-state index in [4.69, 9.17) is 0 Å². The van der Waals surface area contributed by atoms with E-state index in [1.165, 1.54) is 5.56 Å². The highest BCUT2D eigenvalue weighted by Crippen LogP contribution is 2.21. The van der Waals surface area contributed by atoms with Crippen LogP contribution in [-0.4, -0.2) is 41.6 Å².